The summed E-state index contributed by atoms with van der Waals surface area (Å²) in [6.45, 7) is 1.40. The minimum atomic E-state index is -4.48. The van der Waals surface area contributed by atoms with Crippen LogP contribution in [0.2, 0.25) is 0 Å². The predicted molar refractivity (Wildman–Crippen MR) is 94.9 cm³/mol. The smallest absolute Gasteiger partial charge is 0.369 e. The molecule has 1 atom stereocenters. The number of carbonyl (C=O) groups is 2. The first kappa shape index (κ1) is 18.8. The molecule has 2 fully saturated rings. The molecular weight excluding hydrogens is 367 g/mol. The standard InChI is InChI=1S/C17H18F3N3O2S/c1-22(2)12-5-6-23(9-12)13-4-3-11(17(18,19)20)7-10(13)8-14-15(24)21-16(25)26-14/h3-4,7-8,12H,5-6,9H2,1-2H3,(H,21,24,25)/b14-8-/t12-/m0/s1. The van der Waals surface area contributed by atoms with Crippen LogP contribution >= 0.6 is 11.8 Å². The van der Waals surface area contributed by atoms with Crippen LogP contribution in [0, 0.1) is 0 Å². The lowest BCUT2D eigenvalue weighted by Crippen LogP contribution is -2.31. The zero-order valence-electron chi connectivity index (χ0n) is 14.3. The van der Waals surface area contributed by atoms with E-state index in [1.165, 1.54) is 12.1 Å². The van der Waals surface area contributed by atoms with Crippen LogP contribution in [0.25, 0.3) is 6.08 Å². The number of thioether (sulfide) groups is 1. The molecule has 2 amide bonds. The third kappa shape index (κ3) is 3.88. The van der Waals surface area contributed by atoms with Gasteiger partial charge in [0.15, 0.2) is 0 Å². The first-order valence-electron chi connectivity index (χ1n) is 8.02. The van der Waals surface area contributed by atoms with Gasteiger partial charge < -0.3 is 9.80 Å². The maximum atomic E-state index is 13.1. The van der Waals surface area contributed by atoms with E-state index in [2.05, 4.69) is 10.2 Å². The fourth-order valence-corrected chi connectivity index (χ4v) is 3.75. The summed E-state index contributed by atoms with van der Waals surface area (Å²) in [4.78, 5) is 27.3. The quantitative estimate of drug-likeness (QED) is 0.810. The number of anilines is 1. The molecule has 2 heterocycles. The lowest BCUT2D eigenvalue weighted by atomic mass is 10.1. The molecule has 3 rings (SSSR count). The summed E-state index contributed by atoms with van der Waals surface area (Å²) in [6.07, 6.45) is -2.22. The van der Waals surface area contributed by atoms with Gasteiger partial charge in [-0.05, 0) is 62.1 Å². The summed E-state index contributed by atoms with van der Waals surface area (Å²) >= 11 is 0.692. The number of imide groups is 1. The molecule has 0 spiro atoms. The molecule has 0 unspecified atom stereocenters. The van der Waals surface area contributed by atoms with Gasteiger partial charge in [0.05, 0.1) is 10.5 Å². The van der Waals surface area contributed by atoms with E-state index < -0.39 is 22.9 Å². The predicted octanol–water partition coefficient (Wildman–Crippen LogP) is 3.17. The number of hydrogen-bond donors (Lipinski definition) is 1. The van der Waals surface area contributed by atoms with Gasteiger partial charge in [-0.25, -0.2) is 0 Å². The number of likely N-dealkylation sites (N-methyl/N-ethyl adjacent to an activating group) is 1. The highest BCUT2D eigenvalue weighted by Gasteiger charge is 2.33. The van der Waals surface area contributed by atoms with Gasteiger partial charge in [-0.2, -0.15) is 13.2 Å². The van der Waals surface area contributed by atoms with E-state index in [4.69, 9.17) is 0 Å². The van der Waals surface area contributed by atoms with E-state index in [0.29, 0.717) is 36.6 Å². The molecular formula is C17H18F3N3O2S. The molecule has 0 aromatic heterocycles. The Hall–Kier alpha value is -2.00. The van der Waals surface area contributed by atoms with Crippen LogP contribution < -0.4 is 10.2 Å². The Kier molecular flexibility index (Phi) is 5.03. The molecule has 0 aliphatic carbocycles. The first-order valence-corrected chi connectivity index (χ1v) is 8.84. The van der Waals surface area contributed by atoms with Crippen molar-refractivity contribution >= 4 is 34.7 Å². The van der Waals surface area contributed by atoms with Crippen molar-refractivity contribution in [1.82, 2.24) is 10.2 Å². The van der Waals surface area contributed by atoms with Gasteiger partial charge in [-0.1, -0.05) is 0 Å². The van der Waals surface area contributed by atoms with E-state index in [1.807, 2.05) is 19.0 Å². The van der Waals surface area contributed by atoms with Crippen molar-refractivity contribution < 1.29 is 22.8 Å². The topological polar surface area (TPSA) is 52.6 Å². The number of alkyl halides is 3. The van der Waals surface area contributed by atoms with Crippen LogP contribution in [0.1, 0.15) is 17.5 Å². The molecule has 1 aromatic rings. The third-order valence-corrected chi connectivity index (χ3v) is 5.33. The molecule has 26 heavy (non-hydrogen) atoms. The minimum absolute atomic E-state index is 0.0962. The normalized spacial score (nSPS) is 22.6. The van der Waals surface area contributed by atoms with Crippen molar-refractivity contribution in [3.63, 3.8) is 0 Å². The number of halogens is 3. The Morgan fingerprint density at radius 3 is 2.58 bits per heavy atom. The first-order chi connectivity index (χ1) is 12.1. The van der Waals surface area contributed by atoms with E-state index >= 15 is 0 Å². The molecule has 0 bridgehead atoms. The highest BCUT2D eigenvalue weighted by molar-refractivity contribution is 8.18. The van der Waals surface area contributed by atoms with E-state index in [-0.39, 0.29) is 10.5 Å². The Labute approximate surface area is 153 Å². The number of carbonyl (C=O) groups excluding carboxylic acids is 2. The van der Waals surface area contributed by atoms with E-state index in [9.17, 15) is 22.8 Å². The van der Waals surface area contributed by atoms with Gasteiger partial charge in [-0.3, -0.25) is 14.9 Å². The van der Waals surface area contributed by atoms with Crippen molar-refractivity contribution in [2.24, 2.45) is 0 Å². The average molecular weight is 385 g/mol. The van der Waals surface area contributed by atoms with Crippen LogP contribution in [-0.2, 0) is 11.0 Å². The summed E-state index contributed by atoms with van der Waals surface area (Å²) < 4.78 is 39.4. The van der Waals surface area contributed by atoms with Gasteiger partial charge in [0.2, 0.25) is 0 Å². The summed E-state index contributed by atoms with van der Waals surface area (Å²) in [5.74, 6) is -0.587. The summed E-state index contributed by atoms with van der Waals surface area (Å²) in [7, 11) is 3.93. The number of hydrogen-bond acceptors (Lipinski definition) is 5. The third-order valence-electron chi connectivity index (χ3n) is 4.52. The van der Waals surface area contributed by atoms with Gasteiger partial charge in [0.1, 0.15) is 0 Å². The van der Waals surface area contributed by atoms with Crippen LogP contribution in [0.5, 0.6) is 0 Å². The van der Waals surface area contributed by atoms with Crippen LogP contribution in [0.3, 0.4) is 0 Å². The molecule has 1 aromatic carbocycles. The van der Waals surface area contributed by atoms with Crippen molar-refractivity contribution in [2.75, 3.05) is 32.1 Å². The van der Waals surface area contributed by atoms with Crippen LogP contribution in [0.4, 0.5) is 23.7 Å². The molecule has 0 saturated carbocycles. The van der Waals surface area contributed by atoms with Crippen molar-refractivity contribution in [3.05, 3.63) is 34.2 Å². The maximum Gasteiger partial charge on any atom is 0.416 e. The number of nitrogens with one attached hydrogen (secondary N) is 1. The Morgan fingerprint density at radius 2 is 2.04 bits per heavy atom. The molecule has 2 aliphatic heterocycles. The highest BCUT2D eigenvalue weighted by atomic mass is 32.2. The average Bonchev–Trinajstić information content (AvgIpc) is 3.14. The van der Waals surface area contributed by atoms with Gasteiger partial charge in [0, 0.05) is 24.8 Å². The monoisotopic (exact) mass is 385 g/mol. The lowest BCUT2D eigenvalue weighted by molar-refractivity contribution is -0.137. The Balaban J connectivity index is 2.00. The maximum absolute atomic E-state index is 13.1. The molecule has 2 aliphatic rings. The second kappa shape index (κ2) is 6.96. The fourth-order valence-electron chi connectivity index (χ4n) is 3.08. The highest BCUT2D eigenvalue weighted by Crippen LogP contribution is 2.36. The Morgan fingerprint density at radius 1 is 1.31 bits per heavy atom. The summed E-state index contributed by atoms with van der Waals surface area (Å²) in [5, 5.41) is 1.59. The lowest BCUT2D eigenvalue weighted by Gasteiger charge is -2.24. The van der Waals surface area contributed by atoms with Crippen LogP contribution in [-0.4, -0.2) is 49.3 Å². The summed E-state index contributed by atoms with van der Waals surface area (Å²) in [6, 6.07) is 3.82. The second-order valence-corrected chi connectivity index (χ2v) is 7.49. The SMILES string of the molecule is CN(C)[C@H]1CCN(c2ccc(C(F)(F)F)cc2/C=C2\SC(=O)NC2=O)C1. The number of benzene rings is 1. The van der Waals surface area contributed by atoms with Crippen molar-refractivity contribution in [2.45, 2.75) is 18.6 Å². The van der Waals surface area contributed by atoms with E-state index in [1.54, 1.807) is 0 Å². The second-order valence-electron chi connectivity index (χ2n) is 6.48. The molecule has 9 heteroatoms. The van der Waals surface area contributed by atoms with Gasteiger partial charge in [0.25, 0.3) is 11.1 Å². The molecule has 5 nitrogen and oxygen atoms in total. The van der Waals surface area contributed by atoms with Gasteiger partial charge in [-0.15, -0.1) is 0 Å². The largest absolute Gasteiger partial charge is 0.416 e. The molecule has 1 N–H and O–H groups in total. The molecule has 0 radical (unpaired) electrons. The zero-order chi connectivity index (χ0) is 19.1. The molecule has 140 valence electrons. The van der Waals surface area contributed by atoms with Gasteiger partial charge >= 0.3 is 6.18 Å². The number of amides is 2. The number of rotatable bonds is 3. The fraction of sp³-hybridized carbons (Fsp3) is 0.412. The van der Waals surface area contributed by atoms with Crippen molar-refractivity contribution in [3.8, 4) is 0 Å². The minimum Gasteiger partial charge on any atom is -0.369 e. The van der Waals surface area contributed by atoms with Crippen molar-refractivity contribution in [1.29, 1.82) is 0 Å². The number of nitrogens with zero attached hydrogens (tertiary/aromatic N) is 2. The zero-order valence-corrected chi connectivity index (χ0v) is 15.1. The molecule has 2 saturated heterocycles. The summed E-state index contributed by atoms with van der Waals surface area (Å²) in [5.41, 5.74) is 0.125. The van der Waals surface area contributed by atoms with Crippen LogP contribution in [0.15, 0.2) is 23.1 Å². The van der Waals surface area contributed by atoms with E-state index in [0.717, 1.165) is 18.6 Å². The Bertz CT molecular complexity index is 777.